The molecule has 0 aliphatic rings. The summed E-state index contributed by atoms with van der Waals surface area (Å²) in [5.74, 6) is -0.785. The summed E-state index contributed by atoms with van der Waals surface area (Å²) >= 11 is 0. The molecule has 0 atom stereocenters. The van der Waals surface area contributed by atoms with Crippen LogP contribution in [0.4, 0.5) is 0 Å². The van der Waals surface area contributed by atoms with Gasteiger partial charge in [0.15, 0.2) is 0 Å². The summed E-state index contributed by atoms with van der Waals surface area (Å²) in [6.45, 7) is 5.11. The van der Waals surface area contributed by atoms with Gasteiger partial charge in [-0.1, -0.05) is 6.58 Å². The smallest absolute Gasteiger partial charge is 0.748 e. The van der Waals surface area contributed by atoms with E-state index in [1.54, 1.807) is 6.92 Å². The molecule has 0 bridgehead atoms. The number of amides is 1. The van der Waals surface area contributed by atoms with Crippen LogP contribution in [0.15, 0.2) is 12.2 Å². The van der Waals surface area contributed by atoms with Crippen LogP contribution in [0, 0.1) is 0 Å². The van der Waals surface area contributed by atoms with Gasteiger partial charge in [-0.05, 0) is 13.3 Å². The first kappa shape index (κ1) is 17.6. The first-order valence-electron chi connectivity index (χ1n) is 3.70. The normalized spacial score (nSPS) is 10.1. The van der Waals surface area contributed by atoms with Crippen molar-refractivity contribution in [2.45, 2.75) is 13.3 Å². The van der Waals surface area contributed by atoms with Crippen LogP contribution >= 0.6 is 0 Å². The molecule has 76 valence electrons. The monoisotopic (exact) mass is 339 g/mol. The first-order valence-corrected chi connectivity index (χ1v) is 5.28. The summed E-state index contributed by atoms with van der Waals surface area (Å²) in [6, 6.07) is 0. The van der Waals surface area contributed by atoms with Gasteiger partial charge in [0.25, 0.3) is 0 Å². The predicted molar refractivity (Wildman–Crippen MR) is 47.0 cm³/mol. The zero-order valence-electron chi connectivity index (χ0n) is 8.37. The van der Waals surface area contributed by atoms with Crippen molar-refractivity contribution in [3.63, 3.8) is 0 Å². The Hall–Kier alpha value is 1.17. The third kappa shape index (κ3) is 11.2. The Labute approximate surface area is 143 Å². The van der Waals surface area contributed by atoms with E-state index < -0.39 is 15.9 Å². The zero-order valence-corrected chi connectivity index (χ0v) is 15.5. The third-order valence-electron chi connectivity index (χ3n) is 1.24. The van der Waals surface area contributed by atoms with E-state index in [4.69, 9.17) is 0 Å². The molecule has 0 aromatic carbocycles. The van der Waals surface area contributed by atoms with Crippen LogP contribution in [0.3, 0.4) is 0 Å². The molecular formula is C7H12CsNO4S. The minimum Gasteiger partial charge on any atom is -0.748 e. The number of carbonyl (C=O) groups excluding carboxylic acids is 1. The van der Waals surface area contributed by atoms with Crippen molar-refractivity contribution in [2.75, 3.05) is 12.3 Å². The standard InChI is InChI=1S/C7H13NO4S.Cs/c1-6(2)7(9)8-4-3-5-13(10,11)12;/h1,3-5H2,2H3,(H,8,9)(H,10,11,12);/q;+1/p-1. The molecule has 1 N–H and O–H groups in total. The average molecular weight is 339 g/mol. The summed E-state index contributed by atoms with van der Waals surface area (Å²) in [5.41, 5.74) is 0.352. The number of carbonyl (C=O) groups is 1. The molecule has 0 fully saturated rings. The summed E-state index contributed by atoms with van der Waals surface area (Å²) in [6.07, 6.45) is 0.130. The SMILES string of the molecule is C=C(C)C(=O)NCCCS(=O)(=O)[O-].[Cs+]. The molecule has 5 nitrogen and oxygen atoms in total. The fourth-order valence-electron chi connectivity index (χ4n) is 0.602. The second kappa shape index (κ2) is 8.34. The Bertz CT molecular complexity index is 299. The minimum atomic E-state index is -4.17. The van der Waals surface area contributed by atoms with Crippen LogP contribution in [0.25, 0.3) is 0 Å². The molecular weight excluding hydrogens is 327 g/mol. The molecule has 1 amide bonds. The number of hydrogen-bond donors (Lipinski definition) is 1. The average Bonchev–Trinajstić information content (AvgIpc) is 1.95. The van der Waals surface area contributed by atoms with Crippen LogP contribution in [-0.4, -0.2) is 31.2 Å². The first-order chi connectivity index (χ1) is 5.83. The number of rotatable bonds is 5. The largest absolute Gasteiger partial charge is 1.00 e. The molecule has 14 heavy (non-hydrogen) atoms. The van der Waals surface area contributed by atoms with Gasteiger partial charge in [-0.25, -0.2) is 8.42 Å². The van der Waals surface area contributed by atoms with Crippen LogP contribution in [0.1, 0.15) is 13.3 Å². The van der Waals surface area contributed by atoms with Crippen molar-refractivity contribution >= 4 is 16.0 Å². The number of nitrogens with one attached hydrogen (secondary N) is 1. The fourth-order valence-corrected chi connectivity index (χ4v) is 1.10. The molecule has 0 rings (SSSR count). The Morgan fingerprint density at radius 2 is 2.00 bits per heavy atom. The van der Waals surface area contributed by atoms with Crippen LogP contribution in [0.5, 0.6) is 0 Å². The van der Waals surface area contributed by atoms with Gasteiger partial charge in [-0.2, -0.15) is 0 Å². The fraction of sp³-hybridized carbons (Fsp3) is 0.571. The van der Waals surface area contributed by atoms with E-state index in [0.717, 1.165) is 0 Å². The maximum atomic E-state index is 10.8. The van der Waals surface area contributed by atoms with Gasteiger partial charge in [0.1, 0.15) is 0 Å². The van der Waals surface area contributed by atoms with E-state index in [1.165, 1.54) is 0 Å². The summed E-state index contributed by atoms with van der Waals surface area (Å²) in [5, 5.41) is 2.41. The third-order valence-corrected chi connectivity index (χ3v) is 2.03. The van der Waals surface area contributed by atoms with Gasteiger partial charge < -0.3 is 9.87 Å². The Morgan fingerprint density at radius 3 is 2.36 bits per heavy atom. The van der Waals surface area contributed by atoms with Gasteiger partial charge in [-0.3, -0.25) is 4.79 Å². The van der Waals surface area contributed by atoms with Crippen LogP contribution in [0.2, 0.25) is 0 Å². The van der Waals surface area contributed by atoms with Crippen molar-refractivity contribution in [2.24, 2.45) is 0 Å². The summed E-state index contributed by atoms with van der Waals surface area (Å²) in [7, 11) is -4.17. The molecule has 0 saturated carbocycles. The maximum absolute atomic E-state index is 10.8. The molecule has 0 saturated heterocycles. The summed E-state index contributed by atoms with van der Waals surface area (Å²) in [4.78, 5) is 10.8. The molecule has 0 unspecified atom stereocenters. The topological polar surface area (TPSA) is 86.3 Å². The Kier molecular flexibility index (Phi) is 10.5. The van der Waals surface area contributed by atoms with Gasteiger partial charge in [-0.15, -0.1) is 0 Å². The minimum absolute atomic E-state index is 0. The van der Waals surface area contributed by atoms with Gasteiger partial charge in [0, 0.05) is 17.9 Å². The maximum Gasteiger partial charge on any atom is 1.00 e. The number of hydrogen-bond acceptors (Lipinski definition) is 4. The molecule has 0 aromatic heterocycles. The van der Waals surface area contributed by atoms with E-state index in [1.807, 2.05) is 0 Å². The Balaban J connectivity index is 0. The molecule has 0 aromatic rings. The van der Waals surface area contributed by atoms with Crippen molar-refractivity contribution in [3.05, 3.63) is 12.2 Å². The van der Waals surface area contributed by atoms with Crippen molar-refractivity contribution in [3.8, 4) is 0 Å². The molecule has 0 heterocycles. The zero-order chi connectivity index (χ0) is 10.5. The van der Waals surface area contributed by atoms with Gasteiger partial charge in [0.2, 0.25) is 5.91 Å². The summed E-state index contributed by atoms with van der Waals surface area (Å²) < 4.78 is 30.4. The second-order valence-electron chi connectivity index (χ2n) is 2.65. The van der Waals surface area contributed by atoms with E-state index in [9.17, 15) is 17.8 Å². The quantitative estimate of drug-likeness (QED) is 0.322. The van der Waals surface area contributed by atoms with Crippen molar-refractivity contribution < 1.29 is 86.7 Å². The predicted octanol–water partition coefficient (Wildman–Crippen LogP) is -3.38. The Morgan fingerprint density at radius 1 is 1.50 bits per heavy atom. The van der Waals surface area contributed by atoms with Gasteiger partial charge in [0.05, 0.1) is 10.1 Å². The van der Waals surface area contributed by atoms with E-state index in [-0.39, 0.29) is 87.8 Å². The molecule has 7 heteroatoms. The van der Waals surface area contributed by atoms with E-state index in [2.05, 4.69) is 11.9 Å². The van der Waals surface area contributed by atoms with Gasteiger partial charge >= 0.3 is 68.9 Å². The second-order valence-corrected chi connectivity index (χ2v) is 4.18. The molecule has 0 radical (unpaired) electrons. The van der Waals surface area contributed by atoms with Crippen LogP contribution < -0.4 is 74.2 Å². The molecule has 0 spiro atoms. The van der Waals surface area contributed by atoms with Crippen LogP contribution in [-0.2, 0) is 14.9 Å². The van der Waals surface area contributed by atoms with E-state index in [0.29, 0.717) is 5.57 Å². The van der Waals surface area contributed by atoms with Crippen molar-refractivity contribution in [1.82, 2.24) is 5.32 Å². The molecule has 0 aliphatic heterocycles. The van der Waals surface area contributed by atoms with E-state index >= 15 is 0 Å². The van der Waals surface area contributed by atoms with Crippen molar-refractivity contribution in [1.29, 1.82) is 0 Å². The molecule has 0 aliphatic carbocycles.